The average Bonchev–Trinajstić information content (AvgIpc) is 3.11. The third kappa shape index (κ3) is 2.68. The predicted molar refractivity (Wildman–Crippen MR) is 99.9 cm³/mol. The van der Waals surface area contributed by atoms with E-state index in [0.29, 0.717) is 16.8 Å². The minimum absolute atomic E-state index is 0.566. The van der Waals surface area contributed by atoms with Gasteiger partial charge in [-0.05, 0) is 23.9 Å². The number of aromatic nitrogens is 6. The van der Waals surface area contributed by atoms with E-state index in [4.69, 9.17) is 9.97 Å². The second kappa shape index (κ2) is 6.20. The van der Waals surface area contributed by atoms with E-state index in [-0.39, 0.29) is 0 Å². The van der Waals surface area contributed by atoms with E-state index < -0.39 is 0 Å². The molecule has 2 aromatic carbocycles. The van der Waals surface area contributed by atoms with Crippen molar-refractivity contribution in [3.05, 3.63) is 73.1 Å². The van der Waals surface area contributed by atoms with E-state index in [1.807, 2.05) is 66.9 Å². The van der Waals surface area contributed by atoms with Gasteiger partial charge in [-0.25, -0.2) is 19.5 Å². The van der Waals surface area contributed by atoms with E-state index in [1.165, 1.54) is 11.8 Å². The third-order valence-electron chi connectivity index (χ3n) is 3.89. The van der Waals surface area contributed by atoms with E-state index >= 15 is 0 Å². The van der Waals surface area contributed by atoms with Gasteiger partial charge in [-0.3, -0.25) is 0 Å². The number of para-hydroxylation sites is 1. The number of nitrogens with zero attached hydrogens (tertiary/aromatic N) is 6. The molecule has 7 heteroatoms. The Morgan fingerprint density at radius 3 is 2.54 bits per heavy atom. The zero-order chi connectivity index (χ0) is 17.3. The van der Waals surface area contributed by atoms with Crippen LogP contribution in [0.25, 0.3) is 28.1 Å². The minimum Gasteiger partial charge on any atom is -0.228 e. The van der Waals surface area contributed by atoms with Crippen molar-refractivity contribution in [1.82, 2.24) is 29.5 Å². The molecular weight excluding hydrogens is 344 g/mol. The zero-order valence-corrected chi connectivity index (χ0v) is 14.3. The molecule has 0 saturated carbocycles. The van der Waals surface area contributed by atoms with Crippen LogP contribution in [0.5, 0.6) is 0 Å². The highest BCUT2D eigenvalue weighted by molar-refractivity contribution is 7.99. The van der Waals surface area contributed by atoms with Crippen LogP contribution in [0.2, 0.25) is 0 Å². The first kappa shape index (κ1) is 15.0. The van der Waals surface area contributed by atoms with Crippen LogP contribution in [0.3, 0.4) is 0 Å². The van der Waals surface area contributed by atoms with Crippen LogP contribution < -0.4 is 0 Å². The summed E-state index contributed by atoms with van der Waals surface area (Å²) in [5.41, 5.74) is 1.87. The minimum atomic E-state index is 0.566. The second-order valence-corrected chi connectivity index (χ2v) is 6.55. The molecule has 6 nitrogen and oxygen atoms in total. The van der Waals surface area contributed by atoms with Gasteiger partial charge in [-0.1, -0.05) is 48.5 Å². The summed E-state index contributed by atoms with van der Waals surface area (Å²) in [6, 6.07) is 19.7. The monoisotopic (exact) mass is 356 g/mol. The lowest BCUT2D eigenvalue weighted by Gasteiger charge is -2.07. The van der Waals surface area contributed by atoms with Crippen molar-refractivity contribution in [1.29, 1.82) is 0 Å². The molecule has 0 aliphatic rings. The maximum atomic E-state index is 4.78. The van der Waals surface area contributed by atoms with Gasteiger partial charge in [0.1, 0.15) is 5.03 Å². The smallest absolute Gasteiger partial charge is 0.228 e. The Bertz CT molecular complexity index is 1190. The molecule has 3 heterocycles. The van der Waals surface area contributed by atoms with Gasteiger partial charge in [-0.2, -0.15) is 4.98 Å². The van der Waals surface area contributed by atoms with Gasteiger partial charge in [0, 0.05) is 23.3 Å². The Hall–Kier alpha value is -3.32. The molecule has 0 atom stereocenters. The summed E-state index contributed by atoms with van der Waals surface area (Å²) in [5.74, 6) is 1.25. The van der Waals surface area contributed by atoms with Gasteiger partial charge in [0.05, 0.1) is 5.52 Å². The highest BCUT2D eigenvalue weighted by atomic mass is 32.2. The molecular formula is C19H12N6S. The van der Waals surface area contributed by atoms with Crippen LogP contribution in [-0.2, 0) is 0 Å². The fraction of sp³-hybridized carbons (Fsp3) is 0. The van der Waals surface area contributed by atoms with E-state index in [2.05, 4.69) is 15.1 Å². The molecule has 0 fully saturated rings. The zero-order valence-electron chi connectivity index (χ0n) is 13.5. The Labute approximate surface area is 153 Å². The first-order valence-electron chi connectivity index (χ1n) is 8.04. The number of hydrogen-bond acceptors (Lipinski definition) is 6. The Balaban J connectivity index is 1.65. The van der Waals surface area contributed by atoms with Gasteiger partial charge >= 0.3 is 0 Å². The molecule has 0 amide bonds. The highest BCUT2D eigenvalue weighted by Gasteiger charge is 2.13. The van der Waals surface area contributed by atoms with Crippen molar-refractivity contribution < 1.29 is 0 Å². The van der Waals surface area contributed by atoms with Crippen molar-refractivity contribution in [2.24, 2.45) is 0 Å². The highest BCUT2D eigenvalue weighted by Crippen LogP contribution is 2.31. The summed E-state index contributed by atoms with van der Waals surface area (Å²) in [4.78, 5) is 18.2. The van der Waals surface area contributed by atoms with Crippen LogP contribution in [0.15, 0.2) is 83.2 Å². The molecule has 0 unspecified atom stereocenters. The number of benzene rings is 2. The van der Waals surface area contributed by atoms with Crippen LogP contribution in [-0.4, -0.2) is 29.5 Å². The second-order valence-electron chi connectivity index (χ2n) is 5.60. The topological polar surface area (TPSA) is 68.9 Å². The summed E-state index contributed by atoms with van der Waals surface area (Å²) in [6.07, 6.45) is 3.53. The van der Waals surface area contributed by atoms with Crippen LogP contribution in [0.1, 0.15) is 0 Å². The normalized spacial score (nSPS) is 11.2. The van der Waals surface area contributed by atoms with Crippen molar-refractivity contribution in [3.8, 4) is 11.4 Å². The summed E-state index contributed by atoms with van der Waals surface area (Å²) in [6.45, 7) is 0. The lowest BCUT2D eigenvalue weighted by atomic mass is 10.2. The van der Waals surface area contributed by atoms with Crippen LogP contribution in [0.4, 0.5) is 0 Å². The maximum Gasteiger partial charge on any atom is 0.253 e. The summed E-state index contributed by atoms with van der Waals surface area (Å²) in [7, 11) is 0. The molecule has 0 spiro atoms. The molecule has 0 aliphatic heterocycles. The fourth-order valence-corrected chi connectivity index (χ4v) is 3.53. The van der Waals surface area contributed by atoms with Gasteiger partial charge < -0.3 is 0 Å². The van der Waals surface area contributed by atoms with Gasteiger partial charge in [0.2, 0.25) is 5.16 Å². The quantitative estimate of drug-likeness (QED) is 0.457. The molecule has 0 radical (unpaired) electrons. The number of rotatable bonds is 3. The fourth-order valence-electron chi connectivity index (χ4n) is 2.69. The van der Waals surface area contributed by atoms with E-state index in [0.717, 1.165) is 21.5 Å². The summed E-state index contributed by atoms with van der Waals surface area (Å²) >= 11 is 1.42. The molecule has 124 valence electrons. The molecule has 0 bridgehead atoms. The molecule has 5 rings (SSSR count). The number of fused-ring (bicyclic) bond motifs is 2. The first-order chi connectivity index (χ1) is 12.9. The average molecular weight is 356 g/mol. The largest absolute Gasteiger partial charge is 0.253 e. The Morgan fingerprint density at radius 1 is 0.808 bits per heavy atom. The number of hydrogen-bond donors (Lipinski definition) is 0. The molecule has 0 saturated heterocycles. The SMILES string of the molecule is c1ccc(-c2nc(Sc3nc4ncccn4n3)c3ccccc3n2)cc1. The third-order valence-corrected chi connectivity index (χ3v) is 4.75. The predicted octanol–water partition coefficient (Wildman–Crippen LogP) is 3.89. The van der Waals surface area contributed by atoms with E-state index in [1.54, 1.807) is 10.7 Å². The maximum absolute atomic E-state index is 4.78. The molecule has 3 aromatic heterocycles. The molecule has 26 heavy (non-hydrogen) atoms. The Kier molecular flexibility index (Phi) is 3.57. The lowest BCUT2D eigenvalue weighted by Crippen LogP contribution is -1.94. The molecule has 0 aliphatic carbocycles. The Morgan fingerprint density at radius 2 is 1.65 bits per heavy atom. The molecule has 0 N–H and O–H groups in total. The van der Waals surface area contributed by atoms with E-state index in [9.17, 15) is 0 Å². The van der Waals surface area contributed by atoms with Gasteiger partial charge in [0.25, 0.3) is 5.78 Å². The standard InChI is InChI=1S/C19H12N6S/c1-2-7-13(8-3-1)16-21-15-10-5-4-9-14(15)17(22-16)26-19-23-18-20-11-6-12-25(18)24-19/h1-12H. The van der Waals surface area contributed by atoms with Crippen molar-refractivity contribution in [3.63, 3.8) is 0 Å². The van der Waals surface area contributed by atoms with Gasteiger partial charge in [0.15, 0.2) is 5.82 Å². The van der Waals surface area contributed by atoms with Crippen molar-refractivity contribution in [2.75, 3.05) is 0 Å². The van der Waals surface area contributed by atoms with Gasteiger partial charge in [-0.15, -0.1) is 5.10 Å². The summed E-state index contributed by atoms with van der Waals surface area (Å²) < 4.78 is 1.66. The van der Waals surface area contributed by atoms with Crippen LogP contribution >= 0.6 is 11.8 Å². The lowest BCUT2D eigenvalue weighted by molar-refractivity contribution is 0.878. The molecule has 5 aromatic rings. The summed E-state index contributed by atoms with van der Waals surface area (Å²) in [5, 5.41) is 6.87. The van der Waals surface area contributed by atoms with Crippen molar-refractivity contribution in [2.45, 2.75) is 10.2 Å². The van der Waals surface area contributed by atoms with Crippen molar-refractivity contribution >= 4 is 28.4 Å². The first-order valence-corrected chi connectivity index (χ1v) is 8.86. The van der Waals surface area contributed by atoms with Crippen LogP contribution in [0, 0.1) is 0 Å².